The summed E-state index contributed by atoms with van der Waals surface area (Å²) in [7, 11) is 0. The molecule has 2 atom stereocenters. The van der Waals surface area contributed by atoms with Gasteiger partial charge in [0, 0.05) is 12.0 Å². The predicted octanol–water partition coefficient (Wildman–Crippen LogP) is 5.10. The van der Waals surface area contributed by atoms with E-state index in [4.69, 9.17) is 27.9 Å². The van der Waals surface area contributed by atoms with Gasteiger partial charge in [-0.05, 0) is 55.3 Å². The van der Waals surface area contributed by atoms with E-state index in [0.29, 0.717) is 27.6 Å². The van der Waals surface area contributed by atoms with Crippen molar-refractivity contribution in [1.29, 1.82) is 0 Å². The normalized spacial score (nSPS) is 21.4. The highest BCUT2D eigenvalue weighted by atomic mass is 35.5. The molecule has 2 aliphatic heterocycles. The molecule has 0 bridgehead atoms. The molecule has 1 fully saturated rings. The van der Waals surface area contributed by atoms with Crippen LogP contribution in [0.15, 0.2) is 42.0 Å². The molecule has 1 N–H and O–H groups in total. The first kappa shape index (κ1) is 21.9. The second kappa shape index (κ2) is 8.13. The molecule has 1 aromatic heterocycles. The number of hydrogen-bond donors (Lipinski definition) is 1. The minimum atomic E-state index is -0.949. The van der Waals surface area contributed by atoms with Gasteiger partial charge in [-0.1, -0.05) is 40.6 Å². The van der Waals surface area contributed by atoms with Gasteiger partial charge in [0.2, 0.25) is 5.13 Å². The Kier molecular flexibility index (Phi) is 5.39. The predicted molar refractivity (Wildman–Crippen MR) is 126 cm³/mol. The highest BCUT2D eigenvalue weighted by molar-refractivity contribution is 7.15. The monoisotopic (exact) mass is 501 g/mol. The van der Waals surface area contributed by atoms with Crippen molar-refractivity contribution in [3.8, 4) is 5.75 Å². The van der Waals surface area contributed by atoms with Crippen molar-refractivity contribution in [3.05, 3.63) is 73.7 Å². The maximum absolute atomic E-state index is 13.2. The molecule has 2 aromatic carbocycles. The lowest BCUT2D eigenvalue weighted by Gasteiger charge is -2.23. The molecule has 1 amide bonds. The zero-order valence-electron chi connectivity index (χ0n) is 17.5. The molecule has 33 heavy (non-hydrogen) atoms. The third kappa shape index (κ3) is 3.68. The van der Waals surface area contributed by atoms with Crippen molar-refractivity contribution in [3.63, 3.8) is 0 Å². The molecule has 168 valence electrons. The van der Waals surface area contributed by atoms with Gasteiger partial charge >= 0.3 is 5.91 Å². The van der Waals surface area contributed by atoms with Crippen LogP contribution in [0.3, 0.4) is 0 Å². The molecule has 3 heterocycles. The zero-order valence-corrected chi connectivity index (χ0v) is 19.8. The first-order chi connectivity index (χ1) is 15.7. The SMILES string of the molecule is Cc1nnc(N2C(=O)C(=O)/C(=C(/O)c3ccc4c(c3)C[C@@H](C)O4)[C@H]2c2ccc(Cl)c(Cl)c2)s1. The molecule has 1 saturated heterocycles. The number of carbonyl (C=O) groups excluding carboxylic acids is 2. The Morgan fingerprint density at radius 1 is 1.15 bits per heavy atom. The zero-order chi connectivity index (χ0) is 23.4. The maximum Gasteiger partial charge on any atom is 0.301 e. The van der Waals surface area contributed by atoms with Gasteiger partial charge in [-0.15, -0.1) is 10.2 Å². The lowest BCUT2D eigenvalue weighted by molar-refractivity contribution is -0.132. The summed E-state index contributed by atoms with van der Waals surface area (Å²) in [5.74, 6) is -1.16. The minimum Gasteiger partial charge on any atom is -0.507 e. The van der Waals surface area contributed by atoms with Crippen molar-refractivity contribution < 1.29 is 19.4 Å². The average Bonchev–Trinajstić information content (AvgIpc) is 3.44. The number of benzene rings is 2. The second-order valence-corrected chi connectivity index (χ2v) is 9.88. The molecule has 10 heteroatoms. The Morgan fingerprint density at radius 2 is 1.94 bits per heavy atom. The fraction of sp³-hybridized carbons (Fsp3) is 0.217. The largest absolute Gasteiger partial charge is 0.507 e. The number of rotatable bonds is 3. The van der Waals surface area contributed by atoms with Gasteiger partial charge in [0.15, 0.2) is 0 Å². The molecule has 7 nitrogen and oxygen atoms in total. The van der Waals surface area contributed by atoms with Crippen LogP contribution < -0.4 is 9.64 Å². The van der Waals surface area contributed by atoms with E-state index >= 15 is 0 Å². The molecule has 0 unspecified atom stereocenters. The molecule has 0 spiro atoms. The topological polar surface area (TPSA) is 92.6 Å². The van der Waals surface area contributed by atoms with E-state index in [1.54, 1.807) is 43.3 Å². The molecular formula is C23H17Cl2N3O4S. The summed E-state index contributed by atoms with van der Waals surface area (Å²) in [4.78, 5) is 27.6. The van der Waals surface area contributed by atoms with E-state index in [2.05, 4.69) is 10.2 Å². The molecule has 0 aliphatic carbocycles. The number of Topliss-reactive ketones (excluding diaryl/α,β-unsaturated/α-hetero) is 1. The van der Waals surface area contributed by atoms with E-state index in [0.717, 1.165) is 11.3 Å². The van der Waals surface area contributed by atoms with Crippen LogP contribution in [0.1, 0.15) is 34.7 Å². The van der Waals surface area contributed by atoms with Gasteiger partial charge in [0.25, 0.3) is 5.78 Å². The maximum atomic E-state index is 13.2. The van der Waals surface area contributed by atoms with Crippen LogP contribution in [0, 0.1) is 6.92 Å². The lowest BCUT2D eigenvalue weighted by atomic mass is 9.94. The van der Waals surface area contributed by atoms with Crippen molar-refractivity contribution in [2.45, 2.75) is 32.4 Å². The van der Waals surface area contributed by atoms with Gasteiger partial charge in [0.1, 0.15) is 22.6 Å². The van der Waals surface area contributed by atoms with E-state index in [1.165, 1.54) is 16.2 Å². The molecular weight excluding hydrogens is 485 g/mol. The van der Waals surface area contributed by atoms with Crippen LogP contribution in [0.5, 0.6) is 5.75 Å². The summed E-state index contributed by atoms with van der Waals surface area (Å²) >= 11 is 13.5. The van der Waals surface area contributed by atoms with Crippen molar-refractivity contribution in [2.24, 2.45) is 0 Å². The number of aromatic nitrogens is 2. The van der Waals surface area contributed by atoms with Gasteiger partial charge in [-0.2, -0.15) is 0 Å². The van der Waals surface area contributed by atoms with E-state index in [1.807, 2.05) is 6.92 Å². The Labute approximate surface area is 203 Å². The number of ether oxygens (including phenoxy) is 1. The summed E-state index contributed by atoms with van der Waals surface area (Å²) in [5.41, 5.74) is 1.80. The number of aliphatic hydroxyl groups excluding tert-OH is 1. The van der Waals surface area contributed by atoms with E-state index in [9.17, 15) is 14.7 Å². The van der Waals surface area contributed by atoms with Crippen molar-refractivity contribution in [2.75, 3.05) is 4.90 Å². The fourth-order valence-corrected chi connectivity index (χ4v) is 5.16. The summed E-state index contributed by atoms with van der Waals surface area (Å²) in [6.07, 6.45) is 0.713. The fourth-order valence-electron chi connectivity index (χ4n) is 4.14. The van der Waals surface area contributed by atoms with Gasteiger partial charge in [-0.25, -0.2) is 0 Å². The number of nitrogens with zero attached hydrogens (tertiary/aromatic N) is 3. The molecule has 3 aromatic rings. The number of aliphatic hydroxyl groups is 1. The lowest BCUT2D eigenvalue weighted by Crippen LogP contribution is -2.29. The van der Waals surface area contributed by atoms with Gasteiger partial charge < -0.3 is 9.84 Å². The van der Waals surface area contributed by atoms with Crippen molar-refractivity contribution in [1.82, 2.24) is 10.2 Å². The number of ketones is 1. The second-order valence-electron chi connectivity index (χ2n) is 7.90. The summed E-state index contributed by atoms with van der Waals surface area (Å²) in [6, 6.07) is 9.08. The standard InChI is InChI=1S/C23H17Cl2N3O4S/c1-10-7-14-8-13(4-6-17(14)32-10)20(29)18-19(12-3-5-15(24)16(25)9-12)28(22(31)21(18)30)23-27-26-11(2)33-23/h3-6,8-10,19,29H,7H2,1-2H3/b20-18+/t10-,19-/m1/s1. The Morgan fingerprint density at radius 3 is 2.64 bits per heavy atom. The van der Waals surface area contributed by atoms with E-state index < -0.39 is 17.7 Å². The Balaban J connectivity index is 1.70. The highest BCUT2D eigenvalue weighted by Gasteiger charge is 2.48. The average molecular weight is 502 g/mol. The van der Waals surface area contributed by atoms with Crippen LogP contribution >= 0.6 is 34.5 Å². The third-order valence-electron chi connectivity index (χ3n) is 5.59. The molecule has 0 saturated carbocycles. The smallest absolute Gasteiger partial charge is 0.301 e. The molecule has 2 aliphatic rings. The summed E-state index contributed by atoms with van der Waals surface area (Å²) < 4.78 is 5.73. The summed E-state index contributed by atoms with van der Waals surface area (Å²) in [6.45, 7) is 3.71. The number of hydrogen-bond acceptors (Lipinski definition) is 7. The van der Waals surface area contributed by atoms with E-state index in [-0.39, 0.29) is 27.6 Å². The third-order valence-corrected chi connectivity index (χ3v) is 7.17. The van der Waals surface area contributed by atoms with Crippen LogP contribution in [-0.4, -0.2) is 33.1 Å². The number of amides is 1. The Hall–Kier alpha value is -2.94. The number of fused-ring (bicyclic) bond motifs is 1. The number of carbonyl (C=O) groups is 2. The highest BCUT2D eigenvalue weighted by Crippen LogP contribution is 2.44. The minimum absolute atomic E-state index is 0.0276. The Bertz CT molecular complexity index is 1350. The van der Waals surface area contributed by atoms with Gasteiger partial charge in [0.05, 0.1) is 21.7 Å². The first-order valence-electron chi connectivity index (χ1n) is 10.1. The van der Waals surface area contributed by atoms with Crippen LogP contribution in [-0.2, 0) is 16.0 Å². The van der Waals surface area contributed by atoms with Crippen molar-refractivity contribution >= 4 is 57.1 Å². The number of anilines is 1. The first-order valence-corrected chi connectivity index (χ1v) is 11.7. The number of halogens is 2. The summed E-state index contributed by atoms with van der Waals surface area (Å²) in [5, 5.41) is 20.8. The molecule has 5 rings (SSSR count). The van der Waals surface area contributed by atoms with Crippen LogP contribution in [0.4, 0.5) is 5.13 Å². The number of aryl methyl sites for hydroxylation is 1. The molecule has 0 radical (unpaired) electrons. The van der Waals surface area contributed by atoms with Crippen LogP contribution in [0.25, 0.3) is 5.76 Å². The quantitative estimate of drug-likeness (QED) is 0.304. The van der Waals surface area contributed by atoms with Crippen LogP contribution in [0.2, 0.25) is 10.0 Å². The van der Waals surface area contributed by atoms with Gasteiger partial charge in [-0.3, -0.25) is 14.5 Å².